The smallest absolute Gasteiger partial charge is 0.252 e. The van der Waals surface area contributed by atoms with Crippen molar-refractivity contribution in [3.05, 3.63) is 51.1 Å². The molecule has 2 aromatic heterocycles. The molecule has 154 valence electrons. The van der Waals surface area contributed by atoms with Crippen molar-refractivity contribution >= 4 is 10.9 Å². The van der Waals surface area contributed by atoms with E-state index >= 15 is 0 Å². The van der Waals surface area contributed by atoms with Crippen LogP contribution in [0.2, 0.25) is 0 Å². The molecule has 1 saturated carbocycles. The predicted octanol–water partition coefficient (Wildman–Crippen LogP) is 2.24. The Kier molecular flexibility index (Phi) is 5.73. The minimum Gasteiger partial charge on any atom is -0.395 e. The number of nitrogens with zero attached hydrogens (tertiary/aromatic N) is 5. The van der Waals surface area contributed by atoms with Gasteiger partial charge in [0.2, 0.25) is 0 Å². The van der Waals surface area contributed by atoms with Crippen LogP contribution in [0, 0.1) is 13.8 Å². The third kappa shape index (κ3) is 4.23. The number of nitrogens with one attached hydrogen (secondary N) is 1. The van der Waals surface area contributed by atoms with Crippen molar-refractivity contribution in [1.29, 1.82) is 0 Å². The summed E-state index contributed by atoms with van der Waals surface area (Å²) < 4.78 is 1.93. The second kappa shape index (κ2) is 8.42. The zero-order valence-corrected chi connectivity index (χ0v) is 17.1. The summed E-state index contributed by atoms with van der Waals surface area (Å²) in [5.41, 5.74) is 3.70. The molecule has 2 heterocycles. The van der Waals surface area contributed by atoms with Crippen molar-refractivity contribution < 1.29 is 5.11 Å². The van der Waals surface area contributed by atoms with Gasteiger partial charge in [0.25, 0.3) is 5.56 Å². The monoisotopic (exact) mass is 396 g/mol. The predicted molar refractivity (Wildman–Crippen MR) is 111 cm³/mol. The molecule has 29 heavy (non-hydrogen) atoms. The molecule has 4 rings (SSSR count). The van der Waals surface area contributed by atoms with Crippen molar-refractivity contribution in [2.45, 2.75) is 58.7 Å². The SMILES string of the molecule is Cc1cc(C)c2cc(CN(CCO)Cc3nnnn3C3CCCC3)c(=O)[nH]c2c1. The largest absolute Gasteiger partial charge is 0.395 e. The van der Waals surface area contributed by atoms with Gasteiger partial charge < -0.3 is 10.1 Å². The molecule has 1 aliphatic rings. The molecule has 1 aliphatic carbocycles. The van der Waals surface area contributed by atoms with E-state index in [1.54, 1.807) is 0 Å². The van der Waals surface area contributed by atoms with Crippen LogP contribution < -0.4 is 5.56 Å². The third-order valence-electron chi connectivity index (χ3n) is 5.80. The summed E-state index contributed by atoms with van der Waals surface area (Å²) in [6, 6.07) is 6.43. The van der Waals surface area contributed by atoms with Crippen LogP contribution in [0.5, 0.6) is 0 Å². The molecule has 1 fully saturated rings. The van der Waals surface area contributed by atoms with Crippen LogP contribution in [0.3, 0.4) is 0 Å². The van der Waals surface area contributed by atoms with Gasteiger partial charge in [-0.2, -0.15) is 0 Å². The fourth-order valence-corrected chi connectivity index (χ4v) is 4.38. The summed E-state index contributed by atoms with van der Waals surface area (Å²) in [5, 5.41) is 22.9. The minimum atomic E-state index is -0.0965. The average molecular weight is 396 g/mol. The maximum Gasteiger partial charge on any atom is 0.252 e. The Bertz CT molecular complexity index is 1050. The van der Waals surface area contributed by atoms with Gasteiger partial charge in [0, 0.05) is 29.6 Å². The molecule has 0 radical (unpaired) electrons. The van der Waals surface area contributed by atoms with E-state index in [9.17, 15) is 9.90 Å². The number of pyridine rings is 1. The molecule has 0 amide bonds. The number of aromatic nitrogens is 5. The van der Waals surface area contributed by atoms with E-state index in [1.165, 1.54) is 12.8 Å². The van der Waals surface area contributed by atoms with Gasteiger partial charge in [0.15, 0.2) is 5.82 Å². The molecule has 1 aromatic carbocycles. The lowest BCUT2D eigenvalue weighted by Gasteiger charge is -2.21. The van der Waals surface area contributed by atoms with Crippen LogP contribution >= 0.6 is 0 Å². The quantitative estimate of drug-likeness (QED) is 0.635. The van der Waals surface area contributed by atoms with Gasteiger partial charge in [-0.05, 0) is 60.4 Å². The van der Waals surface area contributed by atoms with E-state index < -0.39 is 0 Å². The number of fused-ring (bicyclic) bond motifs is 1. The summed E-state index contributed by atoms with van der Waals surface area (Å²) in [4.78, 5) is 17.7. The topological polar surface area (TPSA) is 99.9 Å². The molecule has 8 nitrogen and oxygen atoms in total. The number of hydrogen-bond donors (Lipinski definition) is 2. The number of H-pyrrole nitrogens is 1. The van der Waals surface area contributed by atoms with Crippen LogP contribution in [-0.2, 0) is 13.1 Å². The Morgan fingerprint density at radius 1 is 1.21 bits per heavy atom. The summed E-state index contributed by atoms with van der Waals surface area (Å²) in [5.74, 6) is 0.786. The maximum absolute atomic E-state index is 12.7. The highest BCUT2D eigenvalue weighted by Crippen LogP contribution is 2.29. The summed E-state index contributed by atoms with van der Waals surface area (Å²) >= 11 is 0. The highest BCUT2D eigenvalue weighted by Gasteiger charge is 2.23. The molecule has 0 saturated heterocycles. The lowest BCUT2D eigenvalue weighted by Crippen LogP contribution is -2.31. The first-order chi connectivity index (χ1) is 14.0. The standard InChI is InChI=1S/C21H28N6O2/c1-14-9-15(2)18-11-16(21(29)22-19(18)10-14)12-26(7-8-28)13-20-23-24-25-27(20)17-5-3-4-6-17/h9-11,17,28H,3-8,12-13H2,1-2H3,(H,22,29). The van der Waals surface area contributed by atoms with E-state index in [1.807, 2.05) is 28.6 Å². The van der Waals surface area contributed by atoms with Crippen molar-refractivity contribution in [2.24, 2.45) is 0 Å². The number of aliphatic hydroxyl groups excluding tert-OH is 1. The Labute approximate surface area is 169 Å². The number of aliphatic hydroxyl groups is 1. The summed E-state index contributed by atoms with van der Waals surface area (Å²) in [7, 11) is 0. The molecule has 8 heteroatoms. The van der Waals surface area contributed by atoms with Gasteiger partial charge in [-0.25, -0.2) is 4.68 Å². The molecule has 0 unspecified atom stereocenters. The average Bonchev–Trinajstić information content (AvgIpc) is 3.34. The van der Waals surface area contributed by atoms with E-state index in [2.05, 4.69) is 33.5 Å². The number of tetrazole rings is 1. The van der Waals surface area contributed by atoms with Gasteiger partial charge in [0.1, 0.15) is 0 Å². The Morgan fingerprint density at radius 3 is 2.76 bits per heavy atom. The van der Waals surface area contributed by atoms with E-state index in [0.717, 1.165) is 40.7 Å². The number of hydrogen-bond acceptors (Lipinski definition) is 6. The Morgan fingerprint density at radius 2 is 2.00 bits per heavy atom. The van der Waals surface area contributed by atoms with Gasteiger partial charge in [0.05, 0.1) is 19.2 Å². The highest BCUT2D eigenvalue weighted by molar-refractivity contribution is 5.83. The number of aryl methyl sites for hydroxylation is 2. The van der Waals surface area contributed by atoms with E-state index in [4.69, 9.17) is 0 Å². The lowest BCUT2D eigenvalue weighted by molar-refractivity contribution is 0.177. The van der Waals surface area contributed by atoms with Crippen LogP contribution in [0.25, 0.3) is 10.9 Å². The van der Waals surface area contributed by atoms with Crippen LogP contribution in [0.1, 0.15) is 54.2 Å². The van der Waals surface area contributed by atoms with Crippen molar-refractivity contribution in [3.63, 3.8) is 0 Å². The van der Waals surface area contributed by atoms with Gasteiger partial charge >= 0.3 is 0 Å². The molecular formula is C21H28N6O2. The summed E-state index contributed by atoms with van der Waals surface area (Å²) in [6.07, 6.45) is 4.60. The number of benzene rings is 1. The van der Waals surface area contributed by atoms with Crippen molar-refractivity contribution in [3.8, 4) is 0 Å². The molecule has 0 aliphatic heterocycles. The molecule has 3 aromatic rings. The van der Waals surface area contributed by atoms with Gasteiger partial charge in [-0.3, -0.25) is 9.69 Å². The zero-order valence-electron chi connectivity index (χ0n) is 17.1. The highest BCUT2D eigenvalue weighted by atomic mass is 16.3. The van der Waals surface area contributed by atoms with Crippen molar-refractivity contribution in [2.75, 3.05) is 13.2 Å². The Balaban J connectivity index is 1.60. The van der Waals surface area contributed by atoms with E-state index in [-0.39, 0.29) is 12.2 Å². The van der Waals surface area contributed by atoms with Crippen LogP contribution in [0.15, 0.2) is 23.0 Å². The van der Waals surface area contributed by atoms with Gasteiger partial charge in [-0.1, -0.05) is 18.9 Å². The molecule has 0 spiro atoms. The normalized spacial score (nSPS) is 15.0. The molecular weight excluding hydrogens is 368 g/mol. The maximum atomic E-state index is 12.7. The first-order valence-electron chi connectivity index (χ1n) is 10.3. The first-order valence-corrected chi connectivity index (χ1v) is 10.3. The first kappa shape index (κ1) is 19.7. The third-order valence-corrected chi connectivity index (χ3v) is 5.80. The minimum absolute atomic E-state index is 0.00863. The van der Waals surface area contributed by atoms with Crippen LogP contribution in [0.4, 0.5) is 0 Å². The second-order valence-electron chi connectivity index (χ2n) is 8.08. The van der Waals surface area contributed by atoms with Gasteiger partial charge in [-0.15, -0.1) is 5.10 Å². The fourth-order valence-electron chi connectivity index (χ4n) is 4.38. The van der Waals surface area contributed by atoms with E-state index in [0.29, 0.717) is 31.2 Å². The molecule has 2 N–H and O–H groups in total. The Hall–Kier alpha value is -2.58. The van der Waals surface area contributed by atoms with Crippen molar-refractivity contribution in [1.82, 2.24) is 30.1 Å². The summed E-state index contributed by atoms with van der Waals surface area (Å²) in [6.45, 7) is 5.45. The number of rotatable bonds is 7. The second-order valence-corrected chi connectivity index (χ2v) is 8.08. The fraction of sp³-hybridized carbons (Fsp3) is 0.524. The van der Waals surface area contributed by atoms with Crippen LogP contribution in [-0.4, -0.2) is 48.3 Å². The number of aromatic amines is 1. The molecule has 0 atom stereocenters. The zero-order chi connectivity index (χ0) is 20.4. The lowest BCUT2D eigenvalue weighted by atomic mass is 10.0. The molecule has 0 bridgehead atoms.